The van der Waals surface area contributed by atoms with Crippen molar-refractivity contribution >= 4 is 11.2 Å². The summed E-state index contributed by atoms with van der Waals surface area (Å²) >= 11 is 0. The molecule has 0 aliphatic carbocycles. The summed E-state index contributed by atoms with van der Waals surface area (Å²) in [7, 11) is 0. The minimum Gasteiger partial charge on any atom is -0.330 e. The molecule has 0 saturated heterocycles. The Morgan fingerprint density at radius 1 is 1.30 bits per heavy atom. The number of H-pyrrole nitrogens is 1. The summed E-state index contributed by atoms with van der Waals surface area (Å²) < 4.78 is 3.37. The van der Waals surface area contributed by atoms with E-state index in [4.69, 9.17) is 5.73 Å². The maximum absolute atomic E-state index is 12.1. The van der Waals surface area contributed by atoms with E-state index in [0.717, 1.165) is 5.82 Å². The predicted octanol–water partition coefficient (Wildman–Crippen LogP) is 0.0634. The van der Waals surface area contributed by atoms with E-state index in [2.05, 4.69) is 9.97 Å². The van der Waals surface area contributed by atoms with Crippen LogP contribution in [0.25, 0.3) is 11.2 Å². The van der Waals surface area contributed by atoms with E-state index in [-0.39, 0.29) is 11.5 Å². The Kier molecular flexibility index (Phi) is 4.08. The van der Waals surface area contributed by atoms with Gasteiger partial charge in [-0.3, -0.25) is 14.3 Å². The first-order chi connectivity index (χ1) is 9.49. The molecule has 7 nitrogen and oxygen atoms in total. The number of nitrogens with one attached hydrogen (secondary N) is 1. The molecule has 0 fully saturated rings. The molecule has 0 unspecified atom stereocenters. The maximum Gasteiger partial charge on any atom is 0.330 e. The number of aryl methyl sites for hydroxylation is 1. The summed E-state index contributed by atoms with van der Waals surface area (Å²) in [6.07, 6.45) is 0.581. The lowest BCUT2D eigenvalue weighted by atomic mass is 10.2. The number of nitrogens with two attached hydrogens (primary N) is 1. The fraction of sp³-hybridized carbons (Fsp3) is 0.615. The van der Waals surface area contributed by atoms with Gasteiger partial charge in [0.25, 0.3) is 5.56 Å². The van der Waals surface area contributed by atoms with Gasteiger partial charge in [-0.15, -0.1) is 0 Å². The molecule has 20 heavy (non-hydrogen) atoms. The van der Waals surface area contributed by atoms with Gasteiger partial charge < -0.3 is 10.3 Å². The van der Waals surface area contributed by atoms with Gasteiger partial charge in [0.05, 0.1) is 0 Å². The van der Waals surface area contributed by atoms with Crippen LogP contribution in [0.15, 0.2) is 9.59 Å². The Hall–Kier alpha value is -1.89. The Morgan fingerprint density at radius 3 is 2.55 bits per heavy atom. The van der Waals surface area contributed by atoms with Gasteiger partial charge in [-0.05, 0) is 19.4 Å². The van der Waals surface area contributed by atoms with Crippen molar-refractivity contribution in [3.05, 3.63) is 26.7 Å². The molecule has 0 atom stereocenters. The fourth-order valence-corrected chi connectivity index (χ4v) is 2.41. The molecule has 0 aliphatic rings. The van der Waals surface area contributed by atoms with Crippen LogP contribution in [0.5, 0.6) is 0 Å². The Balaban J connectivity index is 2.81. The number of fused-ring (bicyclic) bond motifs is 1. The summed E-state index contributed by atoms with van der Waals surface area (Å²) in [5, 5.41) is 0. The quantitative estimate of drug-likeness (QED) is 0.808. The van der Waals surface area contributed by atoms with E-state index in [0.29, 0.717) is 37.2 Å². The number of imidazole rings is 1. The third-order valence-electron chi connectivity index (χ3n) is 3.20. The first-order valence-corrected chi connectivity index (χ1v) is 6.91. The van der Waals surface area contributed by atoms with Crippen LogP contribution >= 0.6 is 0 Å². The topological polar surface area (TPSA) is 98.7 Å². The lowest BCUT2D eigenvalue weighted by molar-refractivity contribution is 0.513. The Labute approximate surface area is 116 Å². The molecule has 7 heteroatoms. The normalized spacial score (nSPS) is 11.7. The molecular formula is C13H21N5O2. The molecule has 3 N–H and O–H groups in total. The summed E-state index contributed by atoms with van der Waals surface area (Å²) in [6.45, 7) is 7.57. The average molecular weight is 279 g/mol. The number of hydrogen-bond acceptors (Lipinski definition) is 4. The Morgan fingerprint density at radius 2 is 2.00 bits per heavy atom. The number of hydrogen-bond donors (Lipinski definition) is 2. The molecule has 0 radical (unpaired) electrons. The predicted molar refractivity (Wildman–Crippen MR) is 77.9 cm³/mol. The molecule has 2 aromatic rings. The highest BCUT2D eigenvalue weighted by atomic mass is 16.2. The van der Waals surface area contributed by atoms with Crippen LogP contribution in [0.3, 0.4) is 0 Å². The van der Waals surface area contributed by atoms with Crippen LogP contribution in [-0.2, 0) is 19.5 Å². The minimum absolute atomic E-state index is 0.284. The van der Waals surface area contributed by atoms with Gasteiger partial charge in [0, 0.05) is 19.5 Å². The summed E-state index contributed by atoms with van der Waals surface area (Å²) in [6, 6.07) is 0. The van der Waals surface area contributed by atoms with Gasteiger partial charge in [0.2, 0.25) is 0 Å². The van der Waals surface area contributed by atoms with E-state index in [1.807, 2.05) is 25.3 Å². The van der Waals surface area contributed by atoms with Crippen LogP contribution in [0.1, 0.15) is 26.6 Å². The van der Waals surface area contributed by atoms with Crippen molar-refractivity contribution < 1.29 is 0 Å². The third kappa shape index (κ3) is 2.40. The number of nitrogens with zero attached hydrogens (tertiary/aromatic N) is 3. The van der Waals surface area contributed by atoms with Crippen molar-refractivity contribution in [2.45, 2.75) is 40.3 Å². The van der Waals surface area contributed by atoms with E-state index in [1.54, 1.807) is 0 Å². The van der Waals surface area contributed by atoms with Gasteiger partial charge in [-0.25, -0.2) is 9.78 Å². The molecule has 0 saturated carbocycles. The smallest absolute Gasteiger partial charge is 0.330 e. The van der Waals surface area contributed by atoms with Gasteiger partial charge in [0.1, 0.15) is 5.82 Å². The summed E-state index contributed by atoms with van der Waals surface area (Å²) in [5.41, 5.74) is 5.70. The highest BCUT2D eigenvalue weighted by molar-refractivity contribution is 5.71. The molecule has 0 aromatic carbocycles. The van der Waals surface area contributed by atoms with Crippen LogP contribution in [0.2, 0.25) is 0 Å². The van der Waals surface area contributed by atoms with Gasteiger partial charge in [-0.1, -0.05) is 13.8 Å². The third-order valence-corrected chi connectivity index (χ3v) is 3.20. The van der Waals surface area contributed by atoms with Crippen LogP contribution < -0.4 is 17.0 Å². The van der Waals surface area contributed by atoms with Crippen molar-refractivity contribution in [3.63, 3.8) is 0 Å². The van der Waals surface area contributed by atoms with Crippen molar-refractivity contribution in [2.24, 2.45) is 11.7 Å². The van der Waals surface area contributed by atoms with Crippen molar-refractivity contribution in [2.75, 3.05) is 6.54 Å². The highest BCUT2D eigenvalue weighted by Crippen LogP contribution is 2.12. The van der Waals surface area contributed by atoms with E-state index in [1.165, 1.54) is 4.57 Å². The van der Waals surface area contributed by atoms with Crippen LogP contribution in [0.4, 0.5) is 0 Å². The average Bonchev–Trinajstić information content (AvgIpc) is 2.73. The molecule has 0 spiro atoms. The first kappa shape index (κ1) is 14.5. The number of aromatic nitrogens is 4. The lowest BCUT2D eigenvalue weighted by Crippen LogP contribution is -2.32. The minimum atomic E-state index is -0.406. The van der Waals surface area contributed by atoms with E-state index in [9.17, 15) is 9.59 Å². The second kappa shape index (κ2) is 5.62. The number of aromatic amines is 1. The lowest BCUT2D eigenvalue weighted by Gasteiger charge is -2.08. The number of rotatable bonds is 5. The largest absolute Gasteiger partial charge is 0.330 e. The van der Waals surface area contributed by atoms with Crippen molar-refractivity contribution in [1.82, 2.24) is 19.1 Å². The summed E-state index contributed by atoms with van der Waals surface area (Å²) in [5.74, 6) is 1.03. The Bertz CT molecular complexity index is 723. The van der Waals surface area contributed by atoms with E-state index >= 15 is 0 Å². The molecule has 2 aromatic heterocycles. The first-order valence-electron chi connectivity index (χ1n) is 6.91. The van der Waals surface area contributed by atoms with Crippen molar-refractivity contribution in [1.29, 1.82) is 0 Å². The van der Waals surface area contributed by atoms with Crippen molar-refractivity contribution in [3.8, 4) is 0 Å². The zero-order chi connectivity index (χ0) is 14.9. The molecule has 0 bridgehead atoms. The molecule has 2 rings (SSSR count). The molecule has 0 aliphatic heterocycles. The zero-order valence-corrected chi connectivity index (χ0v) is 12.1. The second-order valence-corrected chi connectivity index (χ2v) is 5.25. The van der Waals surface area contributed by atoms with E-state index < -0.39 is 5.69 Å². The standard InChI is InChI=1S/C13H21N5O2/c1-4-17-9(5-6-14)15-11-10(17)12(19)16-13(20)18(11)7-8(2)3/h8H,4-7,14H2,1-3H3,(H,16,19,20). The van der Waals surface area contributed by atoms with Crippen LogP contribution in [0, 0.1) is 5.92 Å². The van der Waals surface area contributed by atoms with Crippen LogP contribution in [-0.4, -0.2) is 25.6 Å². The molecule has 110 valence electrons. The molecule has 2 heterocycles. The van der Waals surface area contributed by atoms with Gasteiger partial charge in [-0.2, -0.15) is 0 Å². The van der Waals surface area contributed by atoms with Gasteiger partial charge >= 0.3 is 5.69 Å². The monoisotopic (exact) mass is 279 g/mol. The second-order valence-electron chi connectivity index (χ2n) is 5.25. The molecule has 0 amide bonds. The maximum atomic E-state index is 12.1. The highest BCUT2D eigenvalue weighted by Gasteiger charge is 2.17. The summed E-state index contributed by atoms with van der Waals surface area (Å²) in [4.78, 5) is 30.9. The zero-order valence-electron chi connectivity index (χ0n) is 12.1. The SMILES string of the molecule is CCn1c(CCN)nc2c1c(=O)[nH]c(=O)n2CC(C)C. The fourth-order valence-electron chi connectivity index (χ4n) is 2.41. The van der Waals surface area contributed by atoms with Gasteiger partial charge in [0.15, 0.2) is 11.2 Å². The molecular weight excluding hydrogens is 258 g/mol.